The largest absolute Gasteiger partial charge is 0.477 e. The van der Waals surface area contributed by atoms with E-state index in [-0.39, 0.29) is 22.0 Å². The Kier molecular flexibility index (Phi) is 4.09. The molecule has 0 saturated carbocycles. The Morgan fingerprint density at radius 2 is 2.21 bits per heavy atom. The molecule has 0 aliphatic carbocycles. The number of carboxylic acids is 1. The quantitative estimate of drug-likeness (QED) is 0.879. The van der Waals surface area contributed by atoms with Crippen molar-refractivity contribution in [3.05, 3.63) is 29.6 Å². The lowest BCUT2D eigenvalue weighted by molar-refractivity contribution is 0.0690. The van der Waals surface area contributed by atoms with Crippen LogP contribution in [0.25, 0.3) is 0 Å². The molecule has 6 heteroatoms. The van der Waals surface area contributed by atoms with Crippen molar-refractivity contribution >= 4 is 23.6 Å². The number of aromatic carboxylic acids is 1. The van der Waals surface area contributed by atoms with Gasteiger partial charge in [0.25, 0.3) is 5.91 Å². The van der Waals surface area contributed by atoms with Crippen LogP contribution in [0.15, 0.2) is 18.2 Å². The Labute approximate surface area is 115 Å². The third kappa shape index (κ3) is 3.47. The van der Waals surface area contributed by atoms with E-state index in [4.69, 9.17) is 5.11 Å². The fourth-order valence-electron chi connectivity index (χ4n) is 2.01. The predicted octanol–water partition coefficient (Wildman–Crippen LogP) is 1.80. The molecule has 0 aromatic carbocycles. The van der Waals surface area contributed by atoms with E-state index in [0.29, 0.717) is 6.54 Å². The van der Waals surface area contributed by atoms with Crippen LogP contribution >= 0.6 is 11.8 Å². The van der Waals surface area contributed by atoms with Crippen molar-refractivity contribution in [2.24, 2.45) is 0 Å². The first kappa shape index (κ1) is 13.9. The summed E-state index contributed by atoms with van der Waals surface area (Å²) >= 11 is 1.86. The monoisotopic (exact) mass is 280 g/mol. The minimum Gasteiger partial charge on any atom is -0.477 e. The van der Waals surface area contributed by atoms with Crippen LogP contribution in [0.2, 0.25) is 0 Å². The summed E-state index contributed by atoms with van der Waals surface area (Å²) in [5.74, 6) is -0.330. The van der Waals surface area contributed by atoms with Gasteiger partial charge in [0, 0.05) is 11.3 Å². The summed E-state index contributed by atoms with van der Waals surface area (Å²) in [6, 6.07) is 4.41. The molecule has 2 rings (SSSR count). The summed E-state index contributed by atoms with van der Waals surface area (Å²) in [5.41, 5.74) is 0.0283. The van der Waals surface area contributed by atoms with Gasteiger partial charge in [-0.25, -0.2) is 9.78 Å². The summed E-state index contributed by atoms with van der Waals surface area (Å²) in [5, 5.41) is 11.7. The van der Waals surface area contributed by atoms with E-state index >= 15 is 0 Å². The highest BCUT2D eigenvalue weighted by atomic mass is 32.2. The average molecular weight is 280 g/mol. The molecule has 1 aromatic heterocycles. The Morgan fingerprint density at radius 1 is 1.47 bits per heavy atom. The van der Waals surface area contributed by atoms with Gasteiger partial charge in [0.15, 0.2) is 0 Å². The second-order valence-electron chi connectivity index (χ2n) is 4.80. The van der Waals surface area contributed by atoms with Crippen molar-refractivity contribution in [1.82, 2.24) is 10.3 Å². The van der Waals surface area contributed by atoms with Gasteiger partial charge in [-0.2, -0.15) is 11.8 Å². The zero-order valence-corrected chi connectivity index (χ0v) is 11.5. The van der Waals surface area contributed by atoms with E-state index < -0.39 is 5.97 Å². The first-order chi connectivity index (χ1) is 9.00. The molecule has 0 spiro atoms. The zero-order valence-electron chi connectivity index (χ0n) is 10.7. The molecular weight excluding hydrogens is 264 g/mol. The summed E-state index contributed by atoms with van der Waals surface area (Å²) < 4.78 is 0.0834. The molecule has 1 atom stereocenters. The van der Waals surface area contributed by atoms with Crippen molar-refractivity contribution in [3.63, 3.8) is 0 Å². The number of hydrogen-bond acceptors (Lipinski definition) is 4. The molecule has 102 valence electrons. The number of rotatable bonds is 4. The summed E-state index contributed by atoms with van der Waals surface area (Å²) in [6.45, 7) is 2.71. The second kappa shape index (κ2) is 5.61. The fraction of sp³-hybridized carbons (Fsp3) is 0.462. The van der Waals surface area contributed by atoms with Crippen LogP contribution in [0.1, 0.15) is 40.7 Å². The lowest BCUT2D eigenvalue weighted by Crippen LogP contribution is -2.37. The van der Waals surface area contributed by atoms with Gasteiger partial charge >= 0.3 is 5.97 Å². The van der Waals surface area contributed by atoms with Crippen LogP contribution in [0.3, 0.4) is 0 Å². The molecule has 1 fully saturated rings. The van der Waals surface area contributed by atoms with Crippen LogP contribution in [-0.4, -0.2) is 39.0 Å². The molecule has 1 saturated heterocycles. The molecule has 1 aromatic rings. The Balaban J connectivity index is 1.99. The number of nitrogens with one attached hydrogen (secondary N) is 1. The van der Waals surface area contributed by atoms with Gasteiger partial charge in [-0.3, -0.25) is 4.79 Å². The first-order valence-corrected chi connectivity index (χ1v) is 7.11. The van der Waals surface area contributed by atoms with Gasteiger partial charge in [-0.05, 0) is 37.7 Å². The summed E-state index contributed by atoms with van der Waals surface area (Å²) in [7, 11) is 0. The van der Waals surface area contributed by atoms with Crippen LogP contribution in [-0.2, 0) is 0 Å². The fourth-order valence-corrected chi connectivity index (χ4v) is 3.26. The molecule has 1 aliphatic heterocycles. The van der Waals surface area contributed by atoms with Crippen molar-refractivity contribution in [3.8, 4) is 0 Å². The third-order valence-electron chi connectivity index (χ3n) is 3.12. The standard InChI is InChI=1S/C13H16N2O3S/c1-13(6-3-7-19-13)8-14-11(16)9-4-2-5-10(15-9)12(17)18/h2,4-5H,3,6-8H2,1H3,(H,14,16)(H,17,18). The average Bonchev–Trinajstić information content (AvgIpc) is 2.83. The van der Waals surface area contributed by atoms with Crippen molar-refractivity contribution in [1.29, 1.82) is 0 Å². The Hall–Kier alpha value is -1.56. The minimum absolute atomic E-state index is 0.0834. The summed E-state index contributed by atoms with van der Waals surface area (Å²) in [4.78, 5) is 26.6. The topological polar surface area (TPSA) is 79.3 Å². The smallest absolute Gasteiger partial charge is 0.354 e. The molecule has 0 bridgehead atoms. The molecule has 1 unspecified atom stereocenters. The van der Waals surface area contributed by atoms with E-state index in [1.54, 1.807) is 0 Å². The van der Waals surface area contributed by atoms with Gasteiger partial charge in [-0.15, -0.1) is 0 Å². The lowest BCUT2D eigenvalue weighted by Gasteiger charge is -2.22. The van der Waals surface area contributed by atoms with Gasteiger partial charge in [0.2, 0.25) is 0 Å². The second-order valence-corrected chi connectivity index (χ2v) is 6.48. The van der Waals surface area contributed by atoms with E-state index in [0.717, 1.165) is 12.2 Å². The lowest BCUT2D eigenvalue weighted by atomic mass is 10.1. The van der Waals surface area contributed by atoms with Gasteiger partial charge in [-0.1, -0.05) is 6.07 Å². The number of pyridine rings is 1. The number of nitrogens with zero attached hydrogens (tertiary/aromatic N) is 1. The molecule has 5 nitrogen and oxygen atoms in total. The first-order valence-electron chi connectivity index (χ1n) is 6.13. The predicted molar refractivity (Wildman–Crippen MR) is 73.6 cm³/mol. The van der Waals surface area contributed by atoms with E-state index in [1.165, 1.54) is 24.6 Å². The van der Waals surface area contributed by atoms with Gasteiger partial charge < -0.3 is 10.4 Å². The number of thioether (sulfide) groups is 1. The number of carbonyl (C=O) groups is 2. The summed E-state index contributed by atoms with van der Waals surface area (Å²) in [6.07, 6.45) is 2.25. The number of hydrogen-bond donors (Lipinski definition) is 2. The molecular formula is C13H16N2O3S. The van der Waals surface area contributed by atoms with Crippen LogP contribution in [0, 0.1) is 0 Å². The zero-order chi connectivity index (χ0) is 13.9. The SMILES string of the molecule is CC1(CNC(=O)c2cccc(C(=O)O)n2)CCCS1. The number of aromatic nitrogens is 1. The van der Waals surface area contributed by atoms with Crippen molar-refractivity contribution in [2.75, 3.05) is 12.3 Å². The van der Waals surface area contributed by atoms with Crippen molar-refractivity contribution in [2.45, 2.75) is 24.5 Å². The normalized spacial score (nSPS) is 22.2. The van der Waals surface area contributed by atoms with Crippen molar-refractivity contribution < 1.29 is 14.7 Å². The van der Waals surface area contributed by atoms with Crippen LogP contribution in [0.4, 0.5) is 0 Å². The third-order valence-corrected chi connectivity index (χ3v) is 4.66. The maximum absolute atomic E-state index is 11.9. The van der Waals surface area contributed by atoms with Crippen LogP contribution < -0.4 is 5.32 Å². The number of carboxylic acid groups (broad SMARTS) is 1. The Morgan fingerprint density at radius 3 is 2.84 bits per heavy atom. The van der Waals surface area contributed by atoms with E-state index in [1.807, 2.05) is 11.8 Å². The van der Waals surface area contributed by atoms with Gasteiger partial charge in [0.1, 0.15) is 11.4 Å². The molecule has 19 heavy (non-hydrogen) atoms. The minimum atomic E-state index is -1.13. The van der Waals surface area contributed by atoms with Gasteiger partial charge in [0.05, 0.1) is 0 Å². The molecule has 1 amide bonds. The molecule has 2 heterocycles. The highest BCUT2D eigenvalue weighted by molar-refractivity contribution is 8.00. The highest BCUT2D eigenvalue weighted by Gasteiger charge is 2.29. The van der Waals surface area contributed by atoms with E-state index in [2.05, 4.69) is 17.2 Å². The van der Waals surface area contributed by atoms with E-state index in [9.17, 15) is 9.59 Å². The number of carbonyl (C=O) groups excluding carboxylic acids is 1. The number of amides is 1. The highest BCUT2D eigenvalue weighted by Crippen LogP contribution is 2.36. The maximum Gasteiger partial charge on any atom is 0.354 e. The molecule has 0 radical (unpaired) electrons. The molecule has 2 N–H and O–H groups in total. The van der Waals surface area contributed by atoms with Crippen LogP contribution in [0.5, 0.6) is 0 Å². The Bertz CT molecular complexity index is 498. The molecule has 1 aliphatic rings. The maximum atomic E-state index is 11.9.